The minimum atomic E-state index is -0.133. The maximum atomic E-state index is 12.2. The van der Waals surface area contributed by atoms with Gasteiger partial charge in [0.2, 0.25) is 5.91 Å². The summed E-state index contributed by atoms with van der Waals surface area (Å²) in [6.45, 7) is 1.07. The molecule has 5 heteroatoms. The Morgan fingerprint density at radius 2 is 2.13 bits per heavy atom. The van der Waals surface area contributed by atoms with Crippen molar-refractivity contribution < 1.29 is 9.90 Å². The Balaban J connectivity index is 1.70. The lowest BCUT2D eigenvalue weighted by atomic mass is 10.0. The number of benzene rings is 2. The summed E-state index contributed by atoms with van der Waals surface area (Å²) in [5.41, 5.74) is 3.92. The summed E-state index contributed by atoms with van der Waals surface area (Å²) in [4.78, 5) is 14.4. The molecule has 23 heavy (non-hydrogen) atoms. The van der Waals surface area contributed by atoms with Gasteiger partial charge in [-0.15, -0.1) is 0 Å². The van der Waals surface area contributed by atoms with E-state index in [2.05, 4.69) is 39.3 Å². The number of aromatic hydroxyl groups is 1. The number of phenols is 1. The third-order valence-electron chi connectivity index (χ3n) is 4.11. The highest BCUT2D eigenvalue weighted by Crippen LogP contribution is 2.29. The average molecular weight is 375 g/mol. The van der Waals surface area contributed by atoms with Crippen LogP contribution in [0.25, 0.3) is 0 Å². The first-order chi connectivity index (χ1) is 11.0. The first kappa shape index (κ1) is 15.9. The number of nitrogens with one attached hydrogen (secondary N) is 1. The van der Waals surface area contributed by atoms with Crippen LogP contribution in [-0.2, 0) is 17.6 Å². The molecular weight excluding hydrogens is 356 g/mol. The lowest BCUT2D eigenvalue weighted by Crippen LogP contribution is -2.24. The molecule has 2 N–H and O–H groups in total. The van der Waals surface area contributed by atoms with Gasteiger partial charge in [-0.2, -0.15) is 0 Å². The van der Waals surface area contributed by atoms with Crippen molar-refractivity contribution in [2.75, 3.05) is 23.8 Å². The molecule has 1 aliphatic rings. The molecule has 0 atom stereocenters. The van der Waals surface area contributed by atoms with Gasteiger partial charge in [-0.25, -0.2) is 0 Å². The van der Waals surface area contributed by atoms with Crippen LogP contribution < -0.4 is 10.2 Å². The Bertz CT molecular complexity index is 746. The summed E-state index contributed by atoms with van der Waals surface area (Å²) in [6.07, 6.45) is 2.32. The lowest BCUT2D eigenvalue weighted by Gasteiger charge is -2.27. The van der Waals surface area contributed by atoms with E-state index in [1.54, 1.807) is 12.1 Å². The Labute approximate surface area is 144 Å². The molecule has 0 saturated heterocycles. The summed E-state index contributed by atoms with van der Waals surface area (Å²) in [7, 11) is 2.09. The van der Waals surface area contributed by atoms with Gasteiger partial charge < -0.3 is 15.3 Å². The monoisotopic (exact) mass is 374 g/mol. The topological polar surface area (TPSA) is 52.6 Å². The van der Waals surface area contributed by atoms with Crippen molar-refractivity contribution in [3.05, 3.63) is 52.0 Å². The van der Waals surface area contributed by atoms with Crippen LogP contribution in [0.5, 0.6) is 5.75 Å². The number of fused-ring (bicyclic) bond motifs is 1. The van der Waals surface area contributed by atoms with Crippen LogP contribution in [0.15, 0.2) is 40.9 Å². The minimum Gasteiger partial charge on any atom is -0.508 e. The van der Waals surface area contributed by atoms with Crippen molar-refractivity contribution in [1.29, 1.82) is 0 Å². The first-order valence-electron chi connectivity index (χ1n) is 7.64. The molecule has 0 bridgehead atoms. The van der Waals surface area contributed by atoms with Crippen LogP contribution in [0.4, 0.5) is 11.4 Å². The van der Waals surface area contributed by atoms with Crippen LogP contribution in [-0.4, -0.2) is 24.6 Å². The molecule has 120 valence electrons. The van der Waals surface area contributed by atoms with Gasteiger partial charge in [0, 0.05) is 35.0 Å². The molecule has 0 fully saturated rings. The molecule has 0 spiro atoms. The van der Waals surface area contributed by atoms with Gasteiger partial charge in [-0.05, 0) is 48.7 Å². The normalized spacial score (nSPS) is 13.6. The second-order valence-electron chi connectivity index (χ2n) is 5.87. The fraction of sp³-hybridized carbons (Fsp3) is 0.278. The largest absolute Gasteiger partial charge is 0.508 e. The van der Waals surface area contributed by atoms with Crippen molar-refractivity contribution in [2.24, 2.45) is 0 Å². The van der Waals surface area contributed by atoms with E-state index in [0.717, 1.165) is 29.5 Å². The molecule has 1 amide bonds. The van der Waals surface area contributed by atoms with Crippen molar-refractivity contribution in [1.82, 2.24) is 0 Å². The van der Waals surface area contributed by atoms with E-state index in [-0.39, 0.29) is 18.1 Å². The number of aryl methyl sites for hydroxylation is 1. The van der Waals surface area contributed by atoms with Crippen LogP contribution in [0.3, 0.4) is 0 Å². The third kappa shape index (κ3) is 3.67. The van der Waals surface area contributed by atoms with Crippen LogP contribution in [0.1, 0.15) is 17.5 Å². The highest BCUT2D eigenvalue weighted by Gasteiger charge is 2.15. The molecular formula is C18H19BrN2O2. The summed E-state index contributed by atoms with van der Waals surface area (Å²) in [6, 6.07) is 11.2. The highest BCUT2D eigenvalue weighted by atomic mass is 79.9. The van der Waals surface area contributed by atoms with Gasteiger partial charge in [0.1, 0.15) is 5.75 Å². The number of carbonyl (C=O) groups is 1. The van der Waals surface area contributed by atoms with E-state index in [0.29, 0.717) is 5.56 Å². The number of nitrogens with zero attached hydrogens (tertiary/aromatic N) is 1. The third-order valence-corrected chi connectivity index (χ3v) is 4.61. The summed E-state index contributed by atoms with van der Waals surface area (Å²) in [5, 5.41) is 12.8. The standard InChI is InChI=1S/C18H19BrN2O2/c1-21-8-2-3-12-9-15(6-7-16(12)21)20-18(23)10-13-4-5-14(19)11-17(13)22/h4-7,9,11,22H,2-3,8,10H2,1H3,(H,20,23). The molecule has 2 aromatic rings. The minimum absolute atomic E-state index is 0.126. The van der Waals surface area contributed by atoms with Crippen molar-refractivity contribution in [2.45, 2.75) is 19.3 Å². The van der Waals surface area contributed by atoms with Crippen LogP contribution in [0.2, 0.25) is 0 Å². The second-order valence-corrected chi connectivity index (χ2v) is 6.78. The molecule has 0 saturated carbocycles. The quantitative estimate of drug-likeness (QED) is 0.860. The maximum absolute atomic E-state index is 12.2. The van der Waals surface area contributed by atoms with E-state index in [9.17, 15) is 9.90 Å². The van der Waals surface area contributed by atoms with E-state index in [4.69, 9.17) is 0 Å². The van der Waals surface area contributed by atoms with Crippen molar-refractivity contribution >= 4 is 33.2 Å². The van der Waals surface area contributed by atoms with Crippen molar-refractivity contribution in [3.63, 3.8) is 0 Å². The van der Waals surface area contributed by atoms with E-state index >= 15 is 0 Å². The maximum Gasteiger partial charge on any atom is 0.228 e. The van der Waals surface area contributed by atoms with E-state index in [1.165, 1.54) is 11.3 Å². The fourth-order valence-corrected chi connectivity index (χ4v) is 3.28. The molecule has 4 nitrogen and oxygen atoms in total. The van der Waals surface area contributed by atoms with Crippen molar-refractivity contribution in [3.8, 4) is 5.75 Å². The first-order valence-corrected chi connectivity index (χ1v) is 8.43. The predicted molar refractivity (Wildman–Crippen MR) is 96.2 cm³/mol. The van der Waals surface area contributed by atoms with Crippen LogP contribution in [0, 0.1) is 0 Å². The molecule has 3 rings (SSSR count). The zero-order chi connectivity index (χ0) is 16.4. The number of halogens is 1. The zero-order valence-corrected chi connectivity index (χ0v) is 14.6. The number of rotatable bonds is 3. The van der Waals surface area contributed by atoms with E-state index in [1.807, 2.05) is 18.2 Å². The Morgan fingerprint density at radius 1 is 1.30 bits per heavy atom. The molecule has 2 aromatic carbocycles. The second kappa shape index (κ2) is 6.62. The Hall–Kier alpha value is -2.01. The zero-order valence-electron chi connectivity index (χ0n) is 13.0. The molecule has 1 aliphatic heterocycles. The lowest BCUT2D eigenvalue weighted by molar-refractivity contribution is -0.115. The highest BCUT2D eigenvalue weighted by molar-refractivity contribution is 9.10. The summed E-state index contributed by atoms with van der Waals surface area (Å²) >= 11 is 3.29. The van der Waals surface area contributed by atoms with E-state index < -0.39 is 0 Å². The molecule has 1 heterocycles. The van der Waals surface area contributed by atoms with Crippen LogP contribution >= 0.6 is 15.9 Å². The van der Waals surface area contributed by atoms with Gasteiger partial charge in [0.25, 0.3) is 0 Å². The van der Waals surface area contributed by atoms with Gasteiger partial charge in [-0.1, -0.05) is 22.0 Å². The predicted octanol–water partition coefficient (Wildman–Crippen LogP) is 3.72. The van der Waals surface area contributed by atoms with Gasteiger partial charge in [0.15, 0.2) is 0 Å². The SMILES string of the molecule is CN1CCCc2cc(NC(=O)Cc3ccc(Br)cc3O)ccc21. The number of hydrogen-bond acceptors (Lipinski definition) is 3. The van der Waals surface area contributed by atoms with Gasteiger partial charge >= 0.3 is 0 Å². The van der Waals surface area contributed by atoms with Gasteiger partial charge in [-0.3, -0.25) is 4.79 Å². The fourth-order valence-electron chi connectivity index (χ4n) is 2.93. The summed E-state index contributed by atoms with van der Waals surface area (Å²) < 4.78 is 0.790. The number of carbonyl (C=O) groups excluding carboxylic acids is 1. The number of amides is 1. The number of anilines is 2. The van der Waals surface area contributed by atoms with Gasteiger partial charge in [0.05, 0.1) is 6.42 Å². The Morgan fingerprint density at radius 3 is 2.91 bits per heavy atom. The molecule has 0 aromatic heterocycles. The molecule has 0 unspecified atom stereocenters. The molecule has 0 aliphatic carbocycles. The smallest absolute Gasteiger partial charge is 0.228 e. The number of phenolic OH excluding ortho intramolecular Hbond substituents is 1. The molecule has 0 radical (unpaired) electrons. The Kier molecular flexibility index (Phi) is 4.57. The average Bonchev–Trinajstić information content (AvgIpc) is 2.50. The summed E-state index contributed by atoms with van der Waals surface area (Å²) in [5.74, 6) is -0.00618. The number of hydrogen-bond donors (Lipinski definition) is 2.